The Morgan fingerprint density at radius 3 is 2.39 bits per heavy atom. The Balaban J connectivity index is 1.59. The van der Waals surface area contributed by atoms with Gasteiger partial charge in [-0.3, -0.25) is 15.0 Å². The minimum Gasteiger partial charge on any atom is -0.384 e. The zero-order valence-corrected chi connectivity index (χ0v) is 21.8. The summed E-state index contributed by atoms with van der Waals surface area (Å²) in [6.07, 6.45) is 3.54. The van der Waals surface area contributed by atoms with Gasteiger partial charge in [0.05, 0.1) is 0 Å². The van der Waals surface area contributed by atoms with Gasteiger partial charge in [-0.2, -0.15) is 0 Å². The van der Waals surface area contributed by atoms with Gasteiger partial charge in [-0.05, 0) is 60.2 Å². The van der Waals surface area contributed by atoms with Gasteiger partial charge in [0.1, 0.15) is 11.5 Å². The van der Waals surface area contributed by atoms with Crippen molar-refractivity contribution in [3.8, 4) is 0 Å². The predicted octanol–water partition coefficient (Wildman–Crippen LogP) is 3.83. The van der Waals surface area contributed by atoms with E-state index < -0.39 is 0 Å². The highest BCUT2D eigenvalue weighted by Crippen LogP contribution is 2.28. The lowest BCUT2D eigenvalue weighted by molar-refractivity contribution is 0.0829. The minimum atomic E-state index is -0.130. The van der Waals surface area contributed by atoms with Crippen molar-refractivity contribution in [2.45, 2.75) is 44.3 Å². The zero-order valence-electron chi connectivity index (χ0n) is 21.8. The summed E-state index contributed by atoms with van der Waals surface area (Å²) >= 11 is 0. The van der Waals surface area contributed by atoms with E-state index in [9.17, 15) is 9.59 Å². The van der Waals surface area contributed by atoms with Crippen molar-refractivity contribution >= 4 is 39.3 Å². The Hall–Kier alpha value is -4.17. The van der Waals surface area contributed by atoms with E-state index in [-0.39, 0.29) is 29.7 Å². The van der Waals surface area contributed by atoms with Gasteiger partial charge in [0, 0.05) is 54.8 Å². The van der Waals surface area contributed by atoms with Crippen molar-refractivity contribution in [2.75, 3.05) is 14.1 Å². The van der Waals surface area contributed by atoms with Crippen LogP contribution in [0.1, 0.15) is 57.7 Å². The average Bonchev–Trinajstić information content (AvgIpc) is 3.27. The molecule has 1 saturated carbocycles. The smallest absolute Gasteiger partial charge is 0.268 e. The fraction of sp³-hybridized carbons (Fsp3) is 0.300. The number of nitrogens with one attached hydrogen (secondary N) is 2. The van der Waals surface area contributed by atoms with Crippen LogP contribution in [-0.2, 0) is 6.54 Å². The molecule has 196 valence electrons. The summed E-state index contributed by atoms with van der Waals surface area (Å²) in [7, 11) is 3.49. The van der Waals surface area contributed by atoms with Gasteiger partial charge in [-0.15, -0.1) is 0 Å². The number of benzene rings is 3. The predicted molar refractivity (Wildman–Crippen MR) is 152 cm³/mol. The highest BCUT2D eigenvalue weighted by atomic mass is 16.2. The molecule has 2 amide bonds. The summed E-state index contributed by atoms with van der Waals surface area (Å²) in [6, 6.07) is 19.4. The van der Waals surface area contributed by atoms with Crippen molar-refractivity contribution in [3.63, 3.8) is 0 Å². The number of aromatic nitrogens is 1. The van der Waals surface area contributed by atoms with E-state index >= 15 is 0 Å². The number of amidine groups is 1. The number of fused-ring (bicyclic) bond motifs is 2. The number of carbonyl (C=O) groups is 2. The summed E-state index contributed by atoms with van der Waals surface area (Å²) in [6.45, 7) is 0.417. The van der Waals surface area contributed by atoms with Crippen LogP contribution < -0.4 is 16.8 Å². The Labute approximate surface area is 222 Å². The van der Waals surface area contributed by atoms with Gasteiger partial charge in [-0.1, -0.05) is 42.5 Å². The van der Waals surface area contributed by atoms with Crippen LogP contribution in [0.3, 0.4) is 0 Å². The first-order valence-corrected chi connectivity index (χ1v) is 13.0. The third-order valence-corrected chi connectivity index (χ3v) is 7.53. The van der Waals surface area contributed by atoms with Gasteiger partial charge in [0.2, 0.25) is 0 Å². The quantitative estimate of drug-likeness (QED) is 0.232. The lowest BCUT2D eigenvalue weighted by Crippen LogP contribution is -2.41. The summed E-state index contributed by atoms with van der Waals surface area (Å²) < 4.78 is 1.99. The third-order valence-electron chi connectivity index (χ3n) is 7.53. The number of nitrogens with two attached hydrogens (primary N) is 2. The maximum Gasteiger partial charge on any atom is 0.268 e. The van der Waals surface area contributed by atoms with Crippen molar-refractivity contribution in [1.29, 1.82) is 5.41 Å². The number of carbonyl (C=O) groups excluding carboxylic acids is 2. The molecule has 38 heavy (non-hydrogen) atoms. The molecule has 1 aliphatic carbocycles. The first kappa shape index (κ1) is 25.5. The van der Waals surface area contributed by atoms with E-state index in [4.69, 9.17) is 16.9 Å². The molecular weight excluding hydrogens is 476 g/mol. The molecule has 0 aliphatic heterocycles. The highest BCUT2D eigenvalue weighted by molar-refractivity contribution is 6.08. The van der Waals surface area contributed by atoms with E-state index in [0.29, 0.717) is 23.4 Å². The Kier molecular flexibility index (Phi) is 6.91. The van der Waals surface area contributed by atoms with Crippen molar-refractivity contribution in [1.82, 2.24) is 14.8 Å². The first-order chi connectivity index (χ1) is 18.2. The summed E-state index contributed by atoms with van der Waals surface area (Å²) in [5, 5.41) is 13.9. The second-order valence-electron chi connectivity index (χ2n) is 10.4. The van der Waals surface area contributed by atoms with Gasteiger partial charge in [0.15, 0.2) is 0 Å². The van der Waals surface area contributed by atoms with Crippen molar-refractivity contribution in [2.24, 2.45) is 11.5 Å². The Morgan fingerprint density at radius 2 is 1.71 bits per heavy atom. The fourth-order valence-corrected chi connectivity index (χ4v) is 5.40. The molecule has 0 radical (unpaired) electrons. The molecule has 0 unspecified atom stereocenters. The molecule has 1 aliphatic rings. The molecule has 3 aromatic carbocycles. The molecule has 1 aromatic heterocycles. The topological polar surface area (TPSA) is 130 Å². The standard InChI is InChI=1S/C30H34N6O2/c1-35(2)30(38)25-14-9-20(23-5-3-4-6-24(23)25)17-36-26-16-19(28(32)33)8-7-18(26)15-27(36)29(37)34-22-12-10-21(31)11-13-22/h3-9,14-16,21-22H,10-13,17,31H2,1-2H3,(H3,32,33)(H,34,37). The van der Waals surface area contributed by atoms with Crippen LogP contribution in [0.4, 0.5) is 0 Å². The maximum absolute atomic E-state index is 13.6. The molecule has 0 bridgehead atoms. The molecule has 6 N–H and O–H groups in total. The first-order valence-electron chi connectivity index (χ1n) is 13.0. The molecule has 1 fully saturated rings. The molecule has 5 rings (SSSR count). The number of amides is 2. The van der Waals surface area contributed by atoms with Crippen LogP contribution in [0.5, 0.6) is 0 Å². The molecule has 0 atom stereocenters. The van der Waals surface area contributed by atoms with Gasteiger partial charge < -0.3 is 26.3 Å². The van der Waals surface area contributed by atoms with Crippen LogP contribution >= 0.6 is 0 Å². The highest BCUT2D eigenvalue weighted by Gasteiger charge is 2.24. The molecule has 0 spiro atoms. The van der Waals surface area contributed by atoms with Gasteiger partial charge in [-0.25, -0.2) is 0 Å². The molecule has 0 saturated heterocycles. The number of nitrogens with zero attached hydrogens (tertiary/aromatic N) is 2. The summed E-state index contributed by atoms with van der Waals surface area (Å²) in [5.74, 6) is -0.214. The lowest BCUT2D eigenvalue weighted by Gasteiger charge is -2.27. The van der Waals surface area contributed by atoms with Crippen molar-refractivity contribution in [3.05, 3.63) is 83.0 Å². The van der Waals surface area contributed by atoms with Crippen LogP contribution in [0.15, 0.2) is 60.7 Å². The normalized spacial score (nSPS) is 17.4. The molecule has 8 nitrogen and oxygen atoms in total. The van der Waals surface area contributed by atoms with E-state index in [0.717, 1.165) is 52.9 Å². The van der Waals surface area contributed by atoms with Crippen LogP contribution in [0.25, 0.3) is 21.7 Å². The Bertz CT molecular complexity index is 1550. The second kappa shape index (κ2) is 10.3. The SMILES string of the molecule is CN(C)C(=O)c1ccc(Cn2c(C(=O)NC3CCC(N)CC3)cc3ccc(C(=N)N)cc32)c2ccccc12. The maximum atomic E-state index is 13.6. The van der Waals surface area contributed by atoms with Crippen LogP contribution in [0.2, 0.25) is 0 Å². The average molecular weight is 511 g/mol. The molecular formula is C30H34N6O2. The van der Waals surface area contributed by atoms with Gasteiger partial charge >= 0.3 is 0 Å². The second-order valence-corrected chi connectivity index (χ2v) is 10.4. The molecule has 4 aromatic rings. The van der Waals surface area contributed by atoms with E-state index in [1.807, 2.05) is 59.2 Å². The van der Waals surface area contributed by atoms with Crippen LogP contribution in [-0.4, -0.2) is 53.3 Å². The number of rotatable bonds is 6. The monoisotopic (exact) mass is 510 g/mol. The van der Waals surface area contributed by atoms with E-state index in [2.05, 4.69) is 5.32 Å². The number of nitrogen functional groups attached to an aromatic ring is 1. The molecule has 8 heteroatoms. The van der Waals surface area contributed by atoms with Gasteiger partial charge in [0.25, 0.3) is 11.8 Å². The third kappa shape index (κ3) is 4.87. The van der Waals surface area contributed by atoms with Crippen LogP contribution in [0, 0.1) is 5.41 Å². The van der Waals surface area contributed by atoms with Crippen molar-refractivity contribution < 1.29 is 9.59 Å². The Morgan fingerprint density at radius 1 is 1.00 bits per heavy atom. The lowest BCUT2D eigenvalue weighted by atomic mass is 9.92. The zero-order chi connectivity index (χ0) is 27.0. The van der Waals surface area contributed by atoms with E-state index in [1.165, 1.54) is 0 Å². The fourth-order valence-electron chi connectivity index (χ4n) is 5.40. The number of hydrogen-bond donors (Lipinski definition) is 4. The summed E-state index contributed by atoms with van der Waals surface area (Å²) in [4.78, 5) is 28.0. The largest absolute Gasteiger partial charge is 0.384 e. The summed E-state index contributed by atoms with van der Waals surface area (Å²) in [5.41, 5.74) is 15.5. The number of hydrogen-bond acceptors (Lipinski definition) is 4. The van der Waals surface area contributed by atoms with E-state index in [1.54, 1.807) is 25.1 Å². The minimum absolute atomic E-state index is 0.0267. The molecule has 1 heterocycles.